The van der Waals surface area contributed by atoms with E-state index in [0.717, 1.165) is 4.47 Å². The fourth-order valence-electron chi connectivity index (χ4n) is 1.91. The van der Waals surface area contributed by atoms with E-state index >= 15 is 0 Å². The summed E-state index contributed by atoms with van der Waals surface area (Å²) in [6.45, 7) is 2.63. The summed E-state index contributed by atoms with van der Waals surface area (Å²) in [4.78, 5) is 34.9. The molecule has 0 saturated carbocycles. The van der Waals surface area contributed by atoms with Crippen molar-refractivity contribution in [3.05, 3.63) is 34.3 Å². The highest BCUT2D eigenvalue weighted by Gasteiger charge is 2.35. The number of nitrogens with one attached hydrogen (secondary N) is 1. The average molecular weight is 342 g/mol. The number of methoxy groups -OCH3 is 1. The van der Waals surface area contributed by atoms with Crippen molar-refractivity contribution in [3.63, 3.8) is 0 Å². The Bertz CT molecular complexity index is 512. The van der Waals surface area contributed by atoms with Gasteiger partial charge in [-0.25, -0.2) is 0 Å². The number of ketones is 1. The molecule has 108 valence electrons. The standard InChI is InChI=1S/C14H16BrNO4/c1-8(17)12(14(19)20-3)13(16-9(2)18)10-4-6-11(15)7-5-10/h4-7,12-13H,1-3H3,(H,16,18)/t12-,13+/m1/s1. The minimum atomic E-state index is -1.06. The Morgan fingerprint density at radius 3 is 2.10 bits per heavy atom. The topological polar surface area (TPSA) is 72.5 Å². The second kappa shape index (κ2) is 7.19. The molecule has 0 aliphatic rings. The molecule has 1 aromatic rings. The predicted molar refractivity (Wildman–Crippen MR) is 76.9 cm³/mol. The Kier molecular flexibility index (Phi) is 5.88. The lowest BCUT2D eigenvalue weighted by atomic mass is 9.90. The Labute approximate surface area is 125 Å². The van der Waals surface area contributed by atoms with Gasteiger partial charge in [0.1, 0.15) is 11.7 Å². The fourth-order valence-corrected chi connectivity index (χ4v) is 2.18. The second-order valence-electron chi connectivity index (χ2n) is 4.34. The van der Waals surface area contributed by atoms with Crippen LogP contribution < -0.4 is 5.32 Å². The zero-order chi connectivity index (χ0) is 15.3. The normalized spacial score (nSPS) is 13.2. The van der Waals surface area contributed by atoms with Crippen molar-refractivity contribution in [1.29, 1.82) is 0 Å². The first kappa shape index (κ1) is 16.4. The molecule has 0 aliphatic heterocycles. The summed E-state index contributed by atoms with van der Waals surface area (Å²) in [6, 6.07) is 6.29. The molecule has 0 bridgehead atoms. The smallest absolute Gasteiger partial charge is 0.318 e. The second-order valence-corrected chi connectivity index (χ2v) is 5.26. The maximum Gasteiger partial charge on any atom is 0.318 e. The highest BCUT2D eigenvalue weighted by atomic mass is 79.9. The first-order valence-electron chi connectivity index (χ1n) is 5.97. The molecule has 5 nitrogen and oxygen atoms in total. The lowest BCUT2D eigenvalue weighted by molar-refractivity contribution is -0.150. The number of halogens is 1. The van der Waals surface area contributed by atoms with Gasteiger partial charge in [0.05, 0.1) is 13.2 Å². The van der Waals surface area contributed by atoms with Gasteiger partial charge in [-0.2, -0.15) is 0 Å². The summed E-state index contributed by atoms with van der Waals surface area (Å²) in [5, 5.41) is 2.64. The Morgan fingerprint density at radius 2 is 1.70 bits per heavy atom. The van der Waals surface area contributed by atoms with Gasteiger partial charge in [0.25, 0.3) is 0 Å². The number of carbonyl (C=O) groups is 3. The number of amides is 1. The number of carbonyl (C=O) groups excluding carboxylic acids is 3. The van der Waals surface area contributed by atoms with E-state index in [1.807, 2.05) is 0 Å². The van der Waals surface area contributed by atoms with Gasteiger partial charge in [0, 0.05) is 11.4 Å². The largest absolute Gasteiger partial charge is 0.468 e. The molecule has 0 spiro atoms. The van der Waals surface area contributed by atoms with Crippen molar-refractivity contribution in [2.45, 2.75) is 19.9 Å². The minimum absolute atomic E-state index is 0.326. The Morgan fingerprint density at radius 1 is 1.15 bits per heavy atom. The molecule has 0 aromatic heterocycles. The van der Waals surface area contributed by atoms with Crippen LogP contribution in [0.5, 0.6) is 0 Å². The van der Waals surface area contributed by atoms with Crippen LogP contribution in [0.15, 0.2) is 28.7 Å². The van der Waals surface area contributed by atoms with Crippen LogP contribution in [-0.4, -0.2) is 24.8 Å². The SMILES string of the molecule is COC(=O)[C@H](C(C)=O)[C@@H](NC(C)=O)c1ccc(Br)cc1. The van der Waals surface area contributed by atoms with Gasteiger partial charge in [-0.05, 0) is 24.6 Å². The fraction of sp³-hybridized carbons (Fsp3) is 0.357. The van der Waals surface area contributed by atoms with Gasteiger partial charge in [0.15, 0.2) is 0 Å². The summed E-state index contributed by atoms with van der Waals surface area (Å²) < 4.78 is 5.52. The first-order chi connectivity index (χ1) is 9.36. The highest BCUT2D eigenvalue weighted by molar-refractivity contribution is 9.10. The van der Waals surface area contributed by atoms with Crippen LogP contribution >= 0.6 is 15.9 Å². The van der Waals surface area contributed by atoms with Crippen molar-refractivity contribution in [1.82, 2.24) is 5.32 Å². The quantitative estimate of drug-likeness (QED) is 0.656. The number of hydrogen-bond acceptors (Lipinski definition) is 4. The van der Waals surface area contributed by atoms with Crippen LogP contribution in [0, 0.1) is 5.92 Å². The van der Waals surface area contributed by atoms with E-state index in [1.54, 1.807) is 24.3 Å². The average Bonchev–Trinajstić information content (AvgIpc) is 2.37. The number of hydrogen-bond donors (Lipinski definition) is 1. The zero-order valence-corrected chi connectivity index (χ0v) is 13.1. The van der Waals surface area contributed by atoms with Crippen molar-refractivity contribution in [3.8, 4) is 0 Å². The summed E-state index contributed by atoms with van der Waals surface area (Å²) >= 11 is 3.31. The Hall–Kier alpha value is -1.69. The number of benzene rings is 1. The van der Waals surface area contributed by atoms with Crippen LogP contribution in [0.2, 0.25) is 0 Å². The molecule has 6 heteroatoms. The van der Waals surface area contributed by atoms with E-state index in [2.05, 4.69) is 26.0 Å². The molecule has 0 fully saturated rings. The van der Waals surface area contributed by atoms with Crippen molar-refractivity contribution < 1.29 is 19.1 Å². The van der Waals surface area contributed by atoms with Gasteiger partial charge in [-0.15, -0.1) is 0 Å². The van der Waals surface area contributed by atoms with E-state index in [-0.39, 0.29) is 11.7 Å². The molecule has 1 N–H and O–H groups in total. The maximum absolute atomic E-state index is 11.8. The molecule has 1 amide bonds. The Balaban J connectivity index is 3.21. The molecule has 0 unspecified atom stereocenters. The molecule has 1 aromatic carbocycles. The van der Waals surface area contributed by atoms with Crippen LogP contribution in [0.25, 0.3) is 0 Å². The zero-order valence-electron chi connectivity index (χ0n) is 11.5. The monoisotopic (exact) mass is 341 g/mol. The number of rotatable bonds is 5. The van der Waals surface area contributed by atoms with E-state index in [9.17, 15) is 14.4 Å². The van der Waals surface area contributed by atoms with E-state index in [1.165, 1.54) is 21.0 Å². The summed E-state index contributed by atoms with van der Waals surface area (Å²) in [7, 11) is 1.21. The van der Waals surface area contributed by atoms with Crippen LogP contribution in [0.1, 0.15) is 25.5 Å². The third-order valence-corrected chi connectivity index (χ3v) is 3.34. The third kappa shape index (κ3) is 4.16. The molecular weight excluding hydrogens is 326 g/mol. The van der Waals surface area contributed by atoms with Gasteiger partial charge in [0.2, 0.25) is 5.91 Å². The lowest BCUT2D eigenvalue weighted by Crippen LogP contribution is -2.39. The molecule has 0 saturated heterocycles. The summed E-state index contributed by atoms with van der Waals surface area (Å²) in [5.41, 5.74) is 0.661. The molecule has 0 aliphatic carbocycles. The van der Waals surface area contributed by atoms with Crippen molar-refractivity contribution in [2.75, 3.05) is 7.11 Å². The summed E-state index contributed by atoms with van der Waals surface area (Å²) in [5.74, 6) is -2.42. The van der Waals surface area contributed by atoms with E-state index in [0.29, 0.717) is 5.56 Å². The molecule has 20 heavy (non-hydrogen) atoms. The van der Waals surface area contributed by atoms with Gasteiger partial charge >= 0.3 is 5.97 Å². The van der Waals surface area contributed by atoms with Gasteiger partial charge in [-0.3, -0.25) is 14.4 Å². The van der Waals surface area contributed by atoms with Crippen LogP contribution in [0.4, 0.5) is 0 Å². The lowest BCUT2D eigenvalue weighted by Gasteiger charge is -2.24. The molecule has 2 atom stereocenters. The molecule has 0 heterocycles. The summed E-state index contributed by atoms with van der Waals surface area (Å²) in [6.07, 6.45) is 0. The molecule has 0 radical (unpaired) electrons. The third-order valence-electron chi connectivity index (χ3n) is 2.81. The van der Waals surface area contributed by atoms with Gasteiger partial charge in [-0.1, -0.05) is 28.1 Å². The maximum atomic E-state index is 11.8. The predicted octanol–water partition coefficient (Wildman–Crippen LogP) is 2.00. The number of ether oxygens (including phenoxy) is 1. The van der Waals surface area contributed by atoms with Crippen LogP contribution in [0.3, 0.4) is 0 Å². The minimum Gasteiger partial charge on any atom is -0.468 e. The van der Waals surface area contributed by atoms with E-state index in [4.69, 9.17) is 0 Å². The van der Waals surface area contributed by atoms with E-state index < -0.39 is 17.9 Å². The van der Waals surface area contributed by atoms with Crippen molar-refractivity contribution >= 4 is 33.6 Å². The van der Waals surface area contributed by atoms with Crippen LogP contribution in [-0.2, 0) is 19.1 Å². The van der Waals surface area contributed by atoms with Gasteiger partial charge < -0.3 is 10.1 Å². The molecule has 1 rings (SSSR count). The highest BCUT2D eigenvalue weighted by Crippen LogP contribution is 2.25. The first-order valence-corrected chi connectivity index (χ1v) is 6.77. The number of Topliss-reactive ketones (excluding diaryl/α,β-unsaturated/α-hetero) is 1. The molecular formula is C14H16BrNO4. The van der Waals surface area contributed by atoms with Crippen molar-refractivity contribution in [2.24, 2.45) is 5.92 Å². The number of esters is 1.